The Morgan fingerprint density at radius 3 is 2.74 bits per heavy atom. The van der Waals surface area contributed by atoms with Crippen LogP contribution in [0, 0.1) is 12.7 Å². The van der Waals surface area contributed by atoms with E-state index in [1.54, 1.807) is 23.5 Å². The first-order chi connectivity index (χ1) is 9.15. The molecule has 19 heavy (non-hydrogen) atoms. The Hall–Kier alpha value is -1.26. The smallest absolute Gasteiger partial charge is 0.123 e. The highest BCUT2D eigenvalue weighted by molar-refractivity contribution is 7.11. The molecule has 0 aliphatic rings. The molecule has 0 aliphatic carbocycles. The minimum Gasteiger partial charge on any atom is -0.305 e. The number of thiazole rings is 1. The normalized spacial score (nSPS) is 12.6. The minimum absolute atomic E-state index is 0.0234. The van der Waals surface area contributed by atoms with Gasteiger partial charge in [-0.05, 0) is 37.6 Å². The predicted octanol–water partition coefficient (Wildman–Crippen LogP) is 3.85. The molecule has 0 spiro atoms. The Balaban J connectivity index is 2.39. The van der Waals surface area contributed by atoms with Crippen molar-refractivity contribution in [1.29, 1.82) is 0 Å². The van der Waals surface area contributed by atoms with E-state index in [2.05, 4.69) is 24.1 Å². The maximum Gasteiger partial charge on any atom is 0.123 e. The van der Waals surface area contributed by atoms with Crippen LogP contribution < -0.4 is 5.32 Å². The van der Waals surface area contributed by atoms with E-state index in [0.29, 0.717) is 0 Å². The summed E-state index contributed by atoms with van der Waals surface area (Å²) in [5.41, 5.74) is 2.07. The van der Waals surface area contributed by atoms with Gasteiger partial charge in [0.2, 0.25) is 0 Å². The van der Waals surface area contributed by atoms with Crippen molar-refractivity contribution in [1.82, 2.24) is 10.3 Å². The molecule has 0 saturated carbocycles. The summed E-state index contributed by atoms with van der Waals surface area (Å²) in [6.07, 6.45) is 0.935. The van der Waals surface area contributed by atoms with Crippen molar-refractivity contribution in [3.63, 3.8) is 0 Å². The van der Waals surface area contributed by atoms with E-state index in [9.17, 15) is 4.39 Å². The van der Waals surface area contributed by atoms with Crippen LogP contribution in [0.3, 0.4) is 0 Å². The van der Waals surface area contributed by atoms with Gasteiger partial charge in [0.1, 0.15) is 10.8 Å². The van der Waals surface area contributed by atoms with E-state index in [1.165, 1.54) is 10.9 Å². The number of nitrogens with zero attached hydrogens (tertiary/aromatic N) is 1. The Kier molecular flexibility index (Phi) is 4.66. The summed E-state index contributed by atoms with van der Waals surface area (Å²) in [6, 6.07) is 6.71. The lowest BCUT2D eigenvalue weighted by Gasteiger charge is -2.15. The third kappa shape index (κ3) is 3.19. The molecule has 0 aliphatic heterocycles. The summed E-state index contributed by atoms with van der Waals surface area (Å²) >= 11 is 1.69. The standard InChI is InChI=1S/C15H19FN2S/c1-4-13-10(3)19-15(18-13)14(17-5-2)11-7-6-8-12(16)9-11/h6-9,14,17H,4-5H2,1-3H3. The van der Waals surface area contributed by atoms with Gasteiger partial charge in [-0.1, -0.05) is 26.0 Å². The van der Waals surface area contributed by atoms with Crippen LogP contribution in [0.25, 0.3) is 0 Å². The number of benzene rings is 1. The van der Waals surface area contributed by atoms with E-state index in [1.807, 2.05) is 13.0 Å². The Labute approximate surface area is 117 Å². The van der Waals surface area contributed by atoms with Crippen molar-refractivity contribution < 1.29 is 4.39 Å². The highest BCUT2D eigenvalue weighted by Crippen LogP contribution is 2.28. The first-order valence-electron chi connectivity index (χ1n) is 6.60. The molecule has 1 aromatic carbocycles. The number of halogens is 1. The number of aryl methyl sites for hydroxylation is 2. The summed E-state index contributed by atoms with van der Waals surface area (Å²) in [7, 11) is 0. The first kappa shape index (κ1) is 14.2. The van der Waals surface area contributed by atoms with Gasteiger partial charge in [-0.15, -0.1) is 11.3 Å². The monoisotopic (exact) mass is 278 g/mol. The van der Waals surface area contributed by atoms with E-state index >= 15 is 0 Å². The highest BCUT2D eigenvalue weighted by atomic mass is 32.1. The second-order valence-electron chi connectivity index (χ2n) is 4.45. The maximum absolute atomic E-state index is 13.4. The van der Waals surface area contributed by atoms with E-state index in [-0.39, 0.29) is 11.9 Å². The van der Waals surface area contributed by atoms with Crippen molar-refractivity contribution >= 4 is 11.3 Å². The van der Waals surface area contributed by atoms with Crippen molar-refractivity contribution in [3.8, 4) is 0 Å². The second-order valence-corrected chi connectivity index (χ2v) is 5.69. The largest absolute Gasteiger partial charge is 0.305 e. The molecule has 1 aromatic heterocycles. The summed E-state index contributed by atoms with van der Waals surface area (Å²) in [5, 5.41) is 4.40. The molecule has 0 saturated heterocycles. The predicted molar refractivity (Wildman–Crippen MR) is 78.1 cm³/mol. The zero-order valence-corrected chi connectivity index (χ0v) is 12.4. The molecule has 1 N–H and O–H groups in total. The third-order valence-electron chi connectivity index (χ3n) is 3.08. The second kappa shape index (κ2) is 6.26. The zero-order valence-electron chi connectivity index (χ0n) is 11.5. The lowest BCUT2D eigenvalue weighted by molar-refractivity contribution is 0.601. The van der Waals surface area contributed by atoms with Gasteiger partial charge in [0.25, 0.3) is 0 Å². The minimum atomic E-state index is -0.204. The summed E-state index contributed by atoms with van der Waals surface area (Å²) in [6.45, 7) is 7.07. The van der Waals surface area contributed by atoms with Gasteiger partial charge < -0.3 is 5.32 Å². The van der Waals surface area contributed by atoms with Crippen molar-refractivity contribution in [3.05, 3.63) is 51.2 Å². The van der Waals surface area contributed by atoms with E-state index < -0.39 is 0 Å². The van der Waals surface area contributed by atoms with Gasteiger partial charge in [0.15, 0.2) is 0 Å². The first-order valence-corrected chi connectivity index (χ1v) is 7.42. The summed E-state index contributed by atoms with van der Waals surface area (Å²) in [5.74, 6) is -0.204. The molecule has 2 nitrogen and oxygen atoms in total. The highest BCUT2D eigenvalue weighted by Gasteiger charge is 2.18. The van der Waals surface area contributed by atoms with Gasteiger partial charge in [0.05, 0.1) is 11.7 Å². The van der Waals surface area contributed by atoms with Gasteiger partial charge in [-0.3, -0.25) is 0 Å². The molecule has 0 radical (unpaired) electrons. The van der Waals surface area contributed by atoms with Crippen LogP contribution in [0.2, 0.25) is 0 Å². The average molecular weight is 278 g/mol. The molecule has 2 rings (SSSR count). The Bertz CT molecular complexity index is 551. The fraction of sp³-hybridized carbons (Fsp3) is 0.400. The molecular weight excluding hydrogens is 259 g/mol. The summed E-state index contributed by atoms with van der Waals surface area (Å²) in [4.78, 5) is 5.93. The van der Waals surface area contributed by atoms with Crippen LogP contribution in [-0.4, -0.2) is 11.5 Å². The van der Waals surface area contributed by atoms with Crippen LogP contribution in [0.15, 0.2) is 24.3 Å². The van der Waals surface area contributed by atoms with Gasteiger partial charge in [-0.2, -0.15) is 0 Å². The summed E-state index contributed by atoms with van der Waals surface area (Å²) < 4.78 is 13.4. The van der Waals surface area contributed by atoms with Crippen LogP contribution >= 0.6 is 11.3 Å². The quantitative estimate of drug-likeness (QED) is 0.898. The molecule has 0 amide bonds. The fourth-order valence-electron chi connectivity index (χ4n) is 2.14. The molecule has 4 heteroatoms. The SMILES string of the molecule is CCNC(c1cccc(F)c1)c1nc(CC)c(C)s1. The van der Waals surface area contributed by atoms with Crippen LogP contribution in [-0.2, 0) is 6.42 Å². The topological polar surface area (TPSA) is 24.9 Å². The van der Waals surface area contributed by atoms with Crippen molar-refractivity contribution in [2.45, 2.75) is 33.2 Å². The Morgan fingerprint density at radius 1 is 1.37 bits per heavy atom. The van der Waals surface area contributed by atoms with Gasteiger partial charge >= 0.3 is 0 Å². The van der Waals surface area contributed by atoms with Crippen LogP contribution in [0.1, 0.15) is 41.0 Å². The number of rotatable bonds is 5. The number of hydrogen-bond acceptors (Lipinski definition) is 3. The number of aromatic nitrogens is 1. The van der Waals surface area contributed by atoms with Crippen LogP contribution in [0.4, 0.5) is 4.39 Å². The molecular formula is C15H19FN2S. The number of hydrogen-bond donors (Lipinski definition) is 1. The molecule has 0 fully saturated rings. The fourth-order valence-corrected chi connectivity index (χ4v) is 3.25. The van der Waals surface area contributed by atoms with Crippen LogP contribution in [0.5, 0.6) is 0 Å². The van der Waals surface area contributed by atoms with Gasteiger partial charge in [0, 0.05) is 4.88 Å². The molecule has 1 unspecified atom stereocenters. The van der Waals surface area contributed by atoms with E-state index in [4.69, 9.17) is 0 Å². The lowest BCUT2D eigenvalue weighted by atomic mass is 10.1. The molecule has 2 aromatic rings. The van der Waals surface area contributed by atoms with Crippen molar-refractivity contribution in [2.24, 2.45) is 0 Å². The molecule has 102 valence electrons. The maximum atomic E-state index is 13.4. The molecule has 1 heterocycles. The lowest BCUT2D eigenvalue weighted by Crippen LogP contribution is -2.22. The average Bonchev–Trinajstić information content (AvgIpc) is 2.77. The molecule has 1 atom stereocenters. The number of nitrogens with one attached hydrogen (secondary N) is 1. The van der Waals surface area contributed by atoms with E-state index in [0.717, 1.165) is 29.2 Å². The third-order valence-corrected chi connectivity index (χ3v) is 4.16. The molecule has 0 bridgehead atoms. The van der Waals surface area contributed by atoms with Gasteiger partial charge in [-0.25, -0.2) is 9.37 Å². The Morgan fingerprint density at radius 2 is 2.16 bits per heavy atom. The van der Waals surface area contributed by atoms with Crippen molar-refractivity contribution in [2.75, 3.05) is 6.54 Å². The zero-order chi connectivity index (χ0) is 13.8.